The van der Waals surface area contributed by atoms with Crippen LogP contribution in [0, 0.1) is 11.3 Å². The predicted molar refractivity (Wildman–Crippen MR) is 84.4 cm³/mol. The van der Waals surface area contributed by atoms with Gasteiger partial charge in [0.1, 0.15) is 0 Å². The summed E-state index contributed by atoms with van der Waals surface area (Å²) in [7, 11) is -2.90. The molecule has 0 bridgehead atoms. The first kappa shape index (κ1) is 18.5. The molecule has 0 saturated carbocycles. The van der Waals surface area contributed by atoms with Crippen LogP contribution in [0.4, 0.5) is 18.9 Å². The van der Waals surface area contributed by atoms with Gasteiger partial charge in [-0.2, -0.15) is 18.4 Å². The number of nitriles is 1. The van der Waals surface area contributed by atoms with E-state index in [0.29, 0.717) is 38.3 Å². The highest BCUT2D eigenvalue weighted by Gasteiger charge is 2.33. The second kappa shape index (κ2) is 7.40. The second-order valence-corrected chi connectivity index (χ2v) is 7.95. The summed E-state index contributed by atoms with van der Waals surface area (Å²) in [6.45, 7) is 2.15. The van der Waals surface area contributed by atoms with E-state index in [1.807, 2.05) is 4.90 Å². The molecular weight excluding hydrogens is 343 g/mol. The third-order valence-corrected chi connectivity index (χ3v) is 5.47. The molecule has 1 heterocycles. The summed E-state index contributed by atoms with van der Waals surface area (Å²) >= 11 is 0. The van der Waals surface area contributed by atoms with Crippen LogP contribution in [0.2, 0.25) is 0 Å². The Labute approximate surface area is 139 Å². The van der Waals surface area contributed by atoms with Crippen LogP contribution in [-0.2, 0) is 16.0 Å². The molecule has 5 nitrogen and oxygen atoms in total. The molecule has 2 rings (SSSR count). The van der Waals surface area contributed by atoms with E-state index in [1.165, 1.54) is 6.07 Å². The van der Waals surface area contributed by atoms with Crippen molar-refractivity contribution in [3.05, 3.63) is 29.3 Å². The Balaban J connectivity index is 1.84. The fourth-order valence-electron chi connectivity index (χ4n) is 2.50. The van der Waals surface area contributed by atoms with Crippen LogP contribution in [0.15, 0.2) is 18.2 Å². The number of alkyl halides is 3. The van der Waals surface area contributed by atoms with E-state index in [2.05, 4.69) is 5.32 Å². The molecule has 0 spiro atoms. The molecule has 132 valence electrons. The normalized spacial score (nSPS) is 18.1. The summed E-state index contributed by atoms with van der Waals surface area (Å²) in [6, 6.07) is 5.08. The van der Waals surface area contributed by atoms with Gasteiger partial charge in [0.2, 0.25) is 0 Å². The molecule has 0 amide bonds. The lowest BCUT2D eigenvalue weighted by molar-refractivity contribution is -0.137. The number of hydrogen-bond acceptors (Lipinski definition) is 5. The molecule has 9 heteroatoms. The van der Waals surface area contributed by atoms with Crippen molar-refractivity contribution in [1.82, 2.24) is 4.90 Å². The molecule has 1 saturated heterocycles. The van der Waals surface area contributed by atoms with Crippen LogP contribution in [0.3, 0.4) is 0 Å². The number of nitrogens with one attached hydrogen (secondary N) is 1. The highest BCUT2D eigenvalue weighted by molar-refractivity contribution is 7.91. The van der Waals surface area contributed by atoms with Gasteiger partial charge in [-0.15, -0.1) is 0 Å². The number of nitrogens with zero attached hydrogens (tertiary/aromatic N) is 2. The maximum Gasteiger partial charge on any atom is 0.417 e. The third kappa shape index (κ3) is 5.11. The molecule has 1 N–H and O–H groups in total. The number of anilines is 1. The fourth-order valence-corrected chi connectivity index (χ4v) is 3.77. The van der Waals surface area contributed by atoms with E-state index >= 15 is 0 Å². The monoisotopic (exact) mass is 361 g/mol. The van der Waals surface area contributed by atoms with Crippen LogP contribution in [-0.4, -0.2) is 51.0 Å². The highest BCUT2D eigenvalue weighted by Crippen LogP contribution is 2.33. The third-order valence-electron chi connectivity index (χ3n) is 3.86. The van der Waals surface area contributed by atoms with E-state index in [4.69, 9.17) is 5.26 Å². The minimum absolute atomic E-state index is 0.158. The molecule has 0 aliphatic carbocycles. The summed E-state index contributed by atoms with van der Waals surface area (Å²) in [5.41, 5.74) is -1.04. The Morgan fingerprint density at radius 2 is 1.92 bits per heavy atom. The number of rotatable bonds is 5. The molecule has 1 aromatic carbocycles. The average molecular weight is 361 g/mol. The second-order valence-electron chi connectivity index (χ2n) is 5.64. The molecular formula is C15H18F3N3O2S. The molecule has 1 aromatic rings. The van der Waals surface area contributed by atoms with Crippen LogP contribution >= 0.6 is 0 Å². The maximum absolute atomic E-state index is 12.9. The van der Waals surface area contributed by atoms with E-state index in [1.54, 1.807) is 6.07 Å². The number of hydrogen-bond donors (Lipinski definition) is 1. The first-order valence-electron chi connectivity index (χ1n) is 7.49. The lowest BCUT2D eigenvalue weighted by Gasteiger charge is -2.26. The van der Waals surface area contributed by atoms with Gasteiger partial charge < -0.3 is 10.2 Å². The number of sulfone groups is 1. The van der Waals surface area contributed by atoms with Crippen molar-refractivity contribution in [1.29, 1.82) is 5.26 Å². The zero-order valence-electron chi connectivity index (χ0n) is 12.9. The van der Waals surface area contributed by atoms with E-state index in [-0.39, 0.29) is 11.5 Å². The lowest BCUT2D eigenvalue weighted by atomic mass is 10.1. The summed E-state index contributed by atoms with van der Waals surface area (Å²) in [5.74, 6) is 0.315. The molecule has 1 aliphatic heterocycles. The van der Waals surface area contributed by atoms with Gasteiger partial charge in [-0.3, -0.25) is 0 Å². The van der Waals surface area contributed by atoms with Crippen LogP contribution in [0.1, 0.15) is 17.5 Å². The SMILES string of the molecule is N#Cc1ccc(NCCCN2CCS(=O)(=O)CC2)cc1C(F)(F)F. The van der Waals surface area contributed by atoms with Gasteiger partial charge in [-0.1, -0.05) is 0 Å². The topological polar surface area (TPSA) is 73.2 Å². The first-order chi connectivity index (χ1) is 11.2. The Morgan fingerprint density at radius 1 is 1.25 bits per heavy atom. The van der Waals surface area contributed by atoms with Gasteiger partial charge in [0.15, 0.2) is 9.84 Å². The van der Waals surface area contributed by atoms with Crippen LogP contribution < -0.4 is 5.32 Å². The van der Waals surface area contributed by atoms with Crippen molar-refractivity contribution in [2.24, 2.45) is 0 Å². The summed E-state index contributed by atoms with van der Waals surface area (Å²) in [5, 5.41) is 11.7. The minimum atomic E-state index is -4.57. The van der Waals surface area contributed by atoms with Gasteiger partial charge in [0.05, 0.1) is 28.7 Å². The number of halogens is 3. The summed E-state index contributed by atoms with van der Waals surface area (Å²) in [4.78, 5) is 2.03. The van der Waals surface area contributed by atoms with Crippen LogP contribution in [0.25, 0.3) is 0 Å². The zero-order valence-corrected chi connectivity index (χ0v) is 13.8. The fraction of sp³-hybridized carbons (Fsp3) is 0.533. The first-order valence-corrected chi connectivity index (χ1v) is 9.31. The van der Waals surface area contributed by atoms with Gasteiger partial charge in [-0.05, 0) is 31.2 Å². The van der Waals surface area contributed by atoms with Crippen molar-refractivity contribution in [3.8, 4) is 6.07 Å². The minimum Gasteiger partial charge on any atom is -0.385 e. The van der Waals surface area contributed by atoms with Crippen molar-refractivity contribution in [2.45, 2.75) is 12.6 Å². The van der Waals surface area contributed by atoms with Gasteiger partial charge >= 0.3 is 6.18 Å². The standard InChI is InChI=1S/C15H18F3N3O2S/c16-15(17,18)14-10-13(3-2-12(14)11-19)20-4-1-5-21-6-8-24(22,23)9-7-21/h2-3,10,20H,1,4-9H2. The Kier molecular flexibility index (Phi) is 5.72. The van der Waals surface area contributed by atoms with Gasteiger partial charge in [-0.25, -0.2) is 8.42 Å². The molecule has 1 fully saturated rings. The van der Waals surface area contributed by atoms with Crippen molar-refractivity contribution in [2.75, 3.05) is 43.0 Å². The van der Waals surface area contributed by atoms with Gasteiger partial charge in [0, 0.05) is 25.3 Å². The maximum atomic E-state index is 12.9. The molecule has 0 unspecified atom stereocenters. The summed E-state index contributed by atoms with van der Waals surface area (Å²) < 4.78 is 61.3. The molecule has 1 aliphatic rings. The molecule has 24 heavy (non-hydrogen) atoms. The van der Waals surface area contributed by atoms with E-state index in [0.717, 1.165) is 12.1 Å². The smallest absolute Gasteiger partial charge is 0.385 e. The van der Waals surface area contributed by atoms with Crippen LogP contribution in [0.5, 0.6) is 0 Å². The zero-order chi connectivity index (χ0) is 17.8. The van der Waals surface area contributed by atoms with E-state index in [9.17, 15) is 21.6 Å². The quantitative estimate of drug-likeness (QED) is 0.813. The summed E-state index contributed by atoms with van der Waals surface area (Å²) in [6.07, 6.45) is -3.89. The Bertz CT molecular complexity index is 712. The van der Waals surface area contributed by atoms with Gasteiger partial charge in [0.25, 0.3) is 0 Å². The van der Waals surface area contributed by atoms with Crippen molar-refractivity contribution >= 4 is 15.5 Å². The molecule has 0 atom stereocenters. The van der Waals surface area contributed by atoms with Crippen molar-refractivity contribution < 1.29 is 21.6 Å². The molecule has 0 radical (unpaired) electrons. The Morgan fingerprint density at radius 3 is 2.50 bits per heavy atom. The highest BCUT2D eigenvalue weighted by atomic mass is 32.2. The van der Waals surface area contributed by atoms with Crippen molar-refractivity contribution in [3.63, 3.8) is 0 Å². The Hall–Kier alpha value is -1.79. The lowest BCUT2D eigenvalue weighted by Crippen LogP contribution is -2.41. The van der Waals surface area contributed by atoms with E-state index < -0.39 is 27.1 Å². The average Bonchev–Trinajstić information content (AvgIpc) is 2.52. The number of benzene rings is 1. The largest absolute Gasteiger partial charge is 0.417 e. The predicted octanol–water partition coefficient (Wildman–Crippen LogP) is 2.11. The molecule has 0 aromatic heterocycles.